The van der Waals surface area contributed by atoms with Crippen LogP contribution < -0.4 is 16.0 Å². The molecule has 9 nitrogen and oxygen atoms in total. The standard InChI is InChI=1S/C25H36F3N5O4/c1-22(2,3)17(31-21(37)25(26,27)28)20(36)33-13-24(7-6-8-24)11-16(33)19(35)30-15(12-29)9-14-10-23(4,5)32-18(14)34/h14-17H,6-11,13H2,1-5H3,(H,30,35)(H,31,37)(H,32,34)/t14-,15+,16-,17-/m1/s1. The van der Waals surface area contributed by atoms with Crippen LogP contribution in [0.2, 0.25) is 0 Å². The number of nitriles is 1. The van der Waals surface area contributed by atoms with Crippen LogP contribution in [-0.4, -0.2) is 64.9 Å². The van der Waals surface area contributed by atoms with Crippen molar-refractivity contribution in [3.8, 4) is 6.07 Å². The molecule has 0 radical (unpaired) electrons. The van der Waals surface area contributed by atoms with Crippen LogP contribution in [0, 0.1) is 28.1 Å². The maximum absolute atomic E-state index is 13.6. The average molecular weight is 528 g/mol. The molecular weight excluding hydrogens is 491 g/mol. The summed E-state index contributed by atoms with van der Waals surface area (Å²) < 4.78 is 39.0. The van der Waals surface area contributed by atoms with Crippen molar-refractivity contribution in [2.45, 2.75) is 103 Å². The number of halogens is 3. The minimum Gasteiger partial charge on any atom is -0.351 e. The lowest BCUT2D eigenvalue weighted by Crippen LogP contribution is -2.59. The smallest absolute Gasteiger partial charge is 0.351 e. The van der Waals surface area contributed by atoms with E-state index in [2.05, 4.69) is 10.6 Å². The lowest BCUT2D eigenvalue weighted by atomic mass is 9.67. The van der Waals surface area contributed by atoms with E-state index >= 15 is 0 Å². The van der Waals surface area contributed by atoms with Crippen LogP contribution in [-0.2, 0) is 19.2 Å². The molecule has 4 amide bonds. The summed E-state index contributed by atoms with van der Waals surface area (Å²) in [5.41, 5.74) is -1.79. The number of carbonyl (C=O) groups excluding carboxylic acids is 4. The fraction of sp³-hybridized carbons (Fsp3) is 0.800. The molecule has 0 aromatic carbocycles. The normalized spacial score (nSPS) is 26.0. The van der Waals surface area contributed by atoms with Gasteiger partial charge in [0, 0.05) is 18.0 Å². The Kier molecular flexibility index (Phi) is 7.61. The Bertz CT molecular complexity index is 994. The first-order valence-electron chi connectivity index (χ1n) is 12.6. The number of rotatable bonds is 6. The molecule has 12 heteroatoms. The Morgan fingerprint density at radius 3 is 2.22 bits per heavy atom. The van der Waals surface area contributed by atoms with Gasteiger partial charge in [0.25, 0.3) is 0 Å². The van der Waals surface area contributed by atoms with Gasteiger partial charge in [-0.25, -0.2) is 0 Å². The fourth-order valence-corrected chi connectivity index (χ4v) is 5.67. The number of carbonyl (C=O) groups is 4. The van der Waals surface area contributed by atoms with Crippen molar-refractivity contribution >= 4 is 23.6 Å². The highest BCUT2D eigenvalue weighted by Crippen LogP contribution is 2.50. The van der Waals surface area contributed by atoms with Crippen molar-refractivity contribution in [1.82, 2.24) is 20.9 Å². The largest absolute Gasteiger partial charge is 0.471 e. The predicted molar refractivity (Wildman–Crippen MR) is 126 cm³/mol. The number of hydrogen-bond donors (Lipinski definition) is 3. The van der Waals surface area contributed by atoms with E-state index in [9.17, 15) is 37.6 Å². The van der Waals surface area contributed by atoms with Crippen molar-refractivity contribution in [2.75, 3.05) is 6.54 Å². The van der Waals surface area contributed by atoms with Gasteiger partial charge in [0.1, 0.15) is 18.1 Å². The van der Waals surface area contributed by atoms with Crippen molar-refractivity contribution in [3.05, 3.63) is 0 Å². The van der Waals surface area contributed by atoms with Gasteiger partial charge in [-0.1, -0.05) is 27.2 Å². The van der Waals surface area contributed by atoms with E-state index in [1.54, 1.807) is 0 Å². The van der Waals surface area contributed by atoms with Crippen LogP contribution in [0.5, 0.6) is 0 Å². The predicted octanol–water partition coefficient (Wildman–Crippen LogP) is 2.16. The highest BCUT2D eigenvalue weighted by atomic mass is 19.4. The van der Waals surface area contributed by atoms with E-state index in [-0.39, 0.29) is 24.3 Å². The summed E-state index contributed by atoms with van der Waals surface area (Å²) in [4.78, 5) is 52.2. The molecule has 4 atom stereocenters. The number of amides is 4. The SMILES string of the molecule is CC1(C)C[C@@H](C[C@@H](C#N)NC(=O)[C@H]2CC3(CCC3)CN2C(=O)[C@@H](NC(=O)C(F)(F)F)C(C)(C)C)C(=O)N1. The molecule has 1 saturated carbocycles. The Morgan fingerprint density at radius 1 is 1.16 bits per heavy atom. The first-order chi connectivity index (χ1) is 16.9. The molecule has 0 aromatic heterocycles. The second-order valence-corrected chi connectivity index (χ2v) is 12.5. The number of likely N-dealkylation sites (tertiary alicyclic amines) is 1. The third kappa shape index (κ3) is 6.36. The summed E-state index contributed by atoms with van der Waals surface area (Å²) in [6.07, 6.45) is -1.77. The highest BCUT2D eigenvalue weighted by Gasteiger charge is 2.54. The molecule has 3 rings (SSSR count). The molecular formula is C25H36F3N5O4. The summed E-state index contributed by atoms with van der Waals surface area (Å²) in [7, 11) is 0. The van der Waals surface area contributed by atoms with Crippen LogP contribution in [0.1, 0.15) is 73.1 Å². The maximum atomic E-state index is 13.6. The third-order valence-corrected chi connectivity index (χ3v) is 7.74. The first-order valence-corrected chi connectivity index (χ1v) is 12.6. The molecule has 2 aliphatic heterocycles. The summed E-state index contributed by atoms with van der Waals surface area (Å²) >= 11 is 0. The van der Waals surface area contributed by atoms with E-state index in [0.717, 1.165) is 19.3 Å². The van der Waals surface area contributed by atoms with E-state index < -0.39 is 58.9 Å². The molecule has 2 heterocycles. The molecule has 1 aliphatic carbocycles. The quantitative estimate of drug-likeness (QED) is 0.487. The van der Waals surface area contributed by atoms with Gasteiger partial charge in [0.2, 0.25) is 17.7 Å². The van der Waals surface area contributed by atoms with Gasteiger partial charge < -0.3 is 20.9 Å². The van der Waals surface area contributed by atoms with Gasteiger partial charge in [-0.2, -0.15) is 18.4 Å². The molecule has 0 unspecified atom stereocenters. The van der Waals surface area contributed by atoms with E-state index in [4.69, 9.17) is 0 Å². The molecule has 206 valence electrons. The zero-order chi connectivity index (χ0) is 28.0. The Balaban J connectivity index is 1.79. The number of alkyl halides is 3. The van der Waals surface area contributed by atoms with Gasteiger partial charge >= 0.3 is 12.1 Å². The van der Waals surface area contributed by atoms with E-state index in [1.165, 1.54) is 25.7 Å². The van der Waals surface area contributed by atoms with Gasteiger partial charge in [-0.15, -0.1) is 0 Å². The minimum atomic E-state index is -5.16. The van der Waals surface area contributed by atoms with Crippen molar-refractivity contribution in [2.24, 2.45) is 16.7 Å². The molecule has 1 spiro atoms. The maximum Gasteiger partial charge on any atom is 0.471 e. The van der Waals surface area contributed by atoms with Crippen LogP contribution in [0.3, 0.4) is 0 Å². The highest BCUT2D eigenvalue weighted by molar-refractivity contribution is 5.94. The summed E-state index contributed by atoms with van der Waals surface area (Å²) in [6.45, 7) is 8.54. The summed E-state index contributed by atoms with van der Waals surface area (Å²) in [6, 6.07) is -1.47. The Labute approximate surface area is 214 Å². The molecule has 37 heavy (non-hydrogen) atoms. The van der Waals surface area contributed by atoms with Crippen LogP contribution >= 0.6 is 0 Å². The lowest BCUT2D eigenvalue weighted by Gasteiger charge is -2.39. The van der Waals surface area contributed by atoms with Crippen molar-refractivity contribution in [1.29, 1.82) is 5.26 Å². The molecule has 3 fully saturated rings. The van der Waals surface area contributed by atoms with Crippen molar-refractivity contribution < 1.29 is 32.3 Å². The second-order valence-electron chi connectivity index (χ2n) is 12.5. The van der Waals surface area contributed by atoms with E-state index in [1.807, 2.05) is 25.2 Å². The second kappa shape index (κ2) is 9.80. The van der Waals surface area contributed by atoms with E-state index in [0.29, 0.717) is 12.8 Å². The monoisotopic (exact) mass is 527 g/mol. The average Bonchev–Trinajstić information content (AvgIpc) is 3.26. The molecule has 3 aliphatic rings. The summed E-state index contributed by atoms with van der Waals surface area (Å²) in [5, 5.41) is 17.0. The Hall–Kier alpha value is -2.84. The van der Waals surface area contributed by atoms with Crippen LogP contribution in [0.25, 0.3) is 0 Å². The minimum absolute atomic E-state index is 0.107. The van der Waals surface area contributed by atoms with Crippen LogP contribution in [0.4, 0.5) is 13.2 Å². The first kappa shape index (κ1) is 28.7. The van der Waals surface area contributed by atoms with Crippen molar-refractivity contribution in [3.63, 3.8) is 0 Å². The number of hydrogen-bond acceptors (Lipinski definition) is 5. The zero-order valence-electron chi connectivity index (χ0n) is 21.9. The van der Waals surface area contributed by atoms with Crippen LogP contribution in [0.15, 0.2) is 0 Å². The number of nitrogens with one attached hydrogen (secondary N) is 3. The zero-order valence-corrected chi connectivity index (χ0v) is 21.9. The molecule has 2 saturated heterocycles. The molecule has 0 aromatic rings. The fourth-order valence-electron chi connectivity index (χ4n) is 5.67. The Morgan fingerprint density at radius 2 is 1.78 bits per heavy atom. The van der Waals surface area contributed by atoms with Gasteiger partial charge in [0.05, 0.1) is 6.07 Å². The van der Waals surface area contributed by atoms with Gasteiger partial charge in [-0.3, -0.25) is 19.2 Å². The van der Waals surface area contributed by atoms with Gasteiger partial charge in [-0.05, 0) is 56.8 Å². The lowest BCUT2D eigenvalue weighted by molar-refractivity contribution is -0.176. The summed E-state index contributed by atoms with van der Waals surface area (Å²) in [5.74, 6) is -4.22. The third-order valence-electron chi connectivity index (χ3n) is 7.74. The molecule has 0 bridgehead atoms. The van der Waals surface area contributed by atoms with Gasteiger partial charge in [0.15, 0.2) is 0 Å². The molecule has 3 N–H and O–H groups in total. The number of nitrogens with zero attached hydrogens (tertiary/aromatic N) is 2. The topological polar surface area (TPSA) is 131 Å².